The van der Waals surface area contributed by atoms with Gasteiger partial charge in [-0.15, -0.1) is 0 Å². The smallest absolute Gasteiger partial charge is 0.236 e. The van der Waals surface area contributed by atoms with E-state index >= 15 is 0 Å². The molecule has 2 aliphatic rings. The van der Waals surface area contributed by atoms with Gasteiger partial charge in [-0.2, -0.15) is 0 Å². The zero-order valence-electron chi connectivity index (χ0n) is 25.8. The van der Waals surface area contributed by atoms with Gasteiger partial charge in [0.2, 0.25) is 5.91 Å². The summed E-state index contributed by atoms with van der Waals surface area (Å²) >= 11 is 0. The van der Waals surface area contributed by atoms with E-state index in [1.54, 1.807) is 0 Å². The molecule has 1 saturated heterocycles. The third kappa shape index (κ3) is 10.3. The van der Waals surface area contributed by atoms with Crippen molar-refractivity contribution in [1.82, 2.24) is 14.8 Å². The molecule has 0 saturated carbocycles. The Morgan fingerprint density at radius 1 is 1.03 bits per heavy atom. The zero-order chi connectivity index (χ0) is 28.5. The van der Waals surface area contributed by atoms with Crippen LogP contribution in [0.5, 0.6) is 5.75 Å². The Morgan fingerprint density at radius 2 is 1.79 bits per heavy atom. The number of likely N-dealkylation sites (tertiary alicyclic amines) is 1. The molecule has 0 bridgehead atoms. The minimum Gasteiger partial charge on any atom is -0.493 e. The summed E-state index contributed by atoms with van der Waals surface area (Å²) in [4.78, 5) is 22.6. The number of aryl methyl sites for hydroxylation is 1. The normalized spacial score (nSPS) is 17.8. The van der Waals surface area contributed by atoms with Crippen LogP contribution in [0.15, 0.2) is 42.6 Å². The molecule has 39 heavy (non-hydrogen) atoms. The molecule has 1 amide bonds. The lowest BCUT2D eigenvalue weighted by Crippen LogP contribution is -2.43. The van der Waals surface area contributed by atoms with Crippen molar-refractivity contribution in [2.75, 3.05) is 32.8 Å². The first-order chi connectivity index (χ1) is 19.2. The lowest BCUT2D eigenvalue weighted by Gasteiger charge is -2.28. The fourth-order valence-electron chi connectivity index (χ4n) is 5.58. The van der Waals surface area contributed by atoms with Gasteiger partial charge >= 0.3 is 0 Å². The van der Waals surface area contributed by atoms with Crippen molar-refractivity contribution in [1.29, 1.82) is 0 Å². The second-order valence-corrected chi connectivity index (χ2v) is 10.3. The predicted octanol–water partition coefficient (Wildman–Crippen LogP) is 7.68. The quantitative estimate of drug-likeness (QED) is 0.246. The van der Waals surface area contributed by atoms with Gasteiger partial charge in [-0.1, -0.05) is 79.0 Å². The van der Waals surface area contributed by atoms with E-state index in [0.29, 0.717) is 24.4 Å². The number of nitrogens with zero attached hydrogens (tertiary/aromatic N) is 3. The highest BCUT2D eigenvalue weighted by molar-refractivity contribution is 5.78. The molecule has 1 aromatic heterocycles. The summed E-state index contributed by atoms with van der Waals surface area (Å²) in [6, 6.07) is 13.3. The zero-order valence-corrected chi connectivity index (χ0v) is 25.8. The van der Waals surface area contributed by atoms with Crippen LogP contribution in [0.25, 0.3) is 0 Å². The van der Waals surface area contributed by atoms with E-state index in [-0.39, 0.29) is 0 Å². The summed E-state index contributed by atoms with van der Waals surface area (Å²) in [5.74, 6) is 1.82. The van der Waals surface area contributed by atoms with Crippen LogP contribution in [0, 0.1) is 0 Å². The Hall–Kier alpha value is -2.40. The van der Waals surface area contributed by atoms with E-state index in [9.17, 15) is 4.79 Å². The molecule has 0 spiro atoms. The molecule has 0 aliphatic carbocycles. The van der Waals surface area contributed by atoms with Gasteiger partial charge in [0, 0.05) is 44.0 Å². The Kier molecular flexibility index (Phi) is 15.8. The Labute approximate surface area is 239 Å². The van der Waals surface area contributed by atoms with Gasteiger partial charge in [0.15, 0.2) is 0 Å². The van der Waals surface area contributed by atoms with Crippen molar-refractivity contribution < 1.29 is 9.53 Å². The topological polar surface area (TPSA) is 45.7 Å². The molecule has 5 heteroatoms. The number of amides is 1. The third-order valence-electron chi connectivity index (χ3n) is 7.68. The summed E-state index contributed by atoms with van der Waals surface area (Å²) < 4.78 is 5.73. The van der Waals surface area contributed by atoms with E-state index in [1.165, 1.54) is 24.0 Å². The number of rotatable bonds is 13. The van der Waals surface area contributed by atoms with Gasteiger partial charge in [-0.25, -0.2) is 0 Å². The van der Waals surface area contributed by atoms with Crippen molar-refractivity contribution in [3.8, 4) is 5.75 Å². The molecule has 2 aromatic rings. The van der Waals surface area contributed by atoms with Crippen molar-refractivity contribution in [2.45, 2.75) is 111 Å². The maximum absolute atomic E-state index is 13.5. The van der Waals surface area contributed by atoms with Gasteiger partial charge in [-0.05, 0) is 67.3 Å². The van der Waals surface area contributed by atoms with Gasteiger partial charge in [-0.3, -0.25) is 14.7 Å². The summed E-state index contributed by atoms with van der Waals surface area (Å²) in [6.07, 6.45) is 11.7. The Balaban J connectivity index is 0.00000127. The molecule has 4 rings (SSSR count). The number of ether oxygens (including phenoxy) is 1. The van der Waals surface area contributed by atoms with Crippen LogP contribution in [-0.2, 0) is 17.6 Å². The average Bonchev–Trinajstić information content (AvgIpc) is 3.63. The number of hydrogen-bond acceptors (Lipinski definition) is 4. The van der Waals surface area contributed by atoms with Crippen LogP contribution in [0.4, 0.5) is 0 Å². The van der Waals surface area contributed by atoms with Crippen molar-refractivity contribution in [2.24, 2.45) is 0 Å². The van der Waals surface area contributed by atoms with Crippen molar-refractivity contribution >= 4 is 5.91 Å². The van der Waals surface area contributed by atoms with E-state index < -0.39 is 0 Å². The first kappa shape index (κ1) is 32.8. The second kappa shape index (κ2) is 18.8. The number of carbonyl (C=O) groups excluding carboxylic acids is 1. The van der Waals surface area contributed by atoms with Crippen LogP contribution >= 0.6 is 0 Å². The van der Waals surface area contributed by atoms with Gasteiger partial charge in [0.1, 0.15) is 5.75 Å². The monoisotopic (exact) mass is 537 g/mol. The molecule has 2 unspecified atom stereocenters. The van der Waals surface area contributed by atoms with E-state index in [2.05, 4.69) is 59.0 Å². The number of aromatic nitrogens is 1. The lowest BCUT2D eigenvalue weighted by atomic mass is 9.93. The number of fused-ring (bicyclic) bond motifs is 1. The molecule has 1 fully saturated rings. The Morgan fingerprint density at radius 3 is 2.51 bits per heavy atom. The minimum atomic E-state index is 0.306. The summed E-state index contributed by atoms with van der Waals surface area (Å²) in [7, 11) is 0. The minimum absolute atomic E-state index is 0.306. The molecular formula is C34H55N3O2. The van der Waals surface area contributed by atoms with Crippen LogP contribution in [0.2, 0.25) is 0 Å². The molecule has 0 radical (unpaired) electrons. The van der Waals surface area contributed by atoms with Gasteiger partial charge < -0.3 is 9.64 Å². The Bertz CT molecular complexity index is 933. The van der Waals surface area contributed by atoms with Crippen LogP contribution in [0.3, 0.4) is 0 Å². The highest BCUT2D eigenvalue weighted by atomic mass is 16.5. The molecule has 1 aromatic carbocycles. The van der Waals surface area contributed by atoms with Crippen molar-refractivity contribution in [3.63, 3.8) is 0 Å². The molecule has 3 heterocycles. The van der Waals surface area contributed by atoms with Crippen LogP contribution < -0.4 is 4.74 Å². The third-order valence-corrected chi connectivity index (χ3v) is 7.68. The lowest BCUT2D eigenvalue weighted by molar-refractivity contribution is -0.132. The summed E-state index contributed by atoms with van der Waals surface area (Å²) in [6.45, 7) is 16.5. The largest absolute Gasteiger partial charge is 0.493 e. The fraction of sp³-hybridized carbons (Fsp3) is 0.647. The van der Waals surface area contributed by atoms with E-state index in [4.69, 9.17) is 4.74 Å². The number of carbonyl (C=O) groups is 1. The van der Waals surface area contributed by atoms with E-state index in [1.807, 2.05) is 40.0 Å². The standard InChI is InChI=1S/C30H43N3O2.2C2H6/c1-3-5-9-18-32(17-6-4-2)30(34)23-33-22-26(24-11-14-29-25(20-24)15-19-35-29)21-28(33)13-12-27-10-7-8-16-31-27;2*1-2/h7-8,10-11,14,16,20,26,28H,3-6,9,12-13,15,17-19,21-23H2,1-2H3;2*1-2H3. The van der Waals surface area contributed by atoms with Crippen LogP contribution in [-0.4, -0.2) is 59.5 Å². The predicted molar refractivity (Wildman–Crippen MR) is 165 cm³/mol. The number of hydrogen-bond donors (Lipinski definition) is 0. The van der Waals surface area contributed by atoms with Crippen LogP contribution in [0.1, 0.15) is 109 Å². The van der Waals surface area contributed by atoms with Gasteiger partial charge in [0.05, 0.1) is 13.2 Å². The highest BCUT2D eigenvalue weighted by Gasteiger charge is 2.35. The molecule has 218 valence electrons. The van der Waals surface area contributed by atoms with Gasteiger partial charge in [0.25, 0.3) is 0 Å². The molecule has 0 N–H and O–H groups in total. The second-order valence-electron chi connectivity index (χ2n) is 10.3. The first-order valence-corrected chi connectivity index (χ1v) is 15.8. The maximum Gasteiger partial charge on any atom is 0.236 e. The van der Waals surface area contributed by atoms with Crippen molar-refractivity contribution in [3.05, 3.63) is 59.4 Å². The summed E-state index contributed by atoms with van der Waals surface area (Å²) in [5, 5.41) is 0. The molecular weight excluding hydrogens is 482 g/mol. The average molecular weight is 538 g/mol. The molecule has 5 nitrogen and oxygen atoms in total. The summed E-state index contributed by atoms with van der Waals surface area (Å²) in [5.41, 5.74) is 3.88. The number of benzene rings is 1. The molecule has 2 aliphatic heterocycles. The number of unbranched alkanes of at least 4 members (excludes halogenated alkanes) is 3. The first-order valence-electron chi connectivity index (χ1n) is 15.8. The SMILES string of the molecule is CC.CC.CCCCCN(CCCC)C(=O)CN1CC(c2ccc3c(c2)CCO3)CC1CCc1ccccn1. The molecule has 2 atom stereocenters. The van der Waals surface area contributed by atoms with E-state index in [0.717, 1.165) is 82.6 Å². The maximum atomic E-state index is 13.5. The highest BCUT2D eigenvalue weighted by Crippen LogP contribution is 2.36. The number of pyridine rings is 1. The fourth-order valence-corrected chi connectivity index (χ4v) is 5.58.